The first-order chi connectivity index (χ1) is 7.47. The van der Waals surface area contributed by atoms with Crippen LogP contribution in [-0.2, 0) is 0 Å². The van der Waals surface area contributed by atoms with E-state index in [0.29, 0.717) is 0 Å². The zero-order valence-corrected chi connectivity index (χ0v) is 9.60. The summed E-state index contributed by atoms with van der Waals surface area (Å²) in [5, 5.41) is 29.7. The molecule has 1 aromatic rings. The van der Waals surface area contributed by atoms with Crippen molar-refractivity contribution < 1.29 is 15.1 Å². The first kappa shape index (κ1) is 13.2. The summed E-state index contributed by atoms with van der Waals surface area (Å²) in [6.07, 6.45) is -1.52. The lowest BCUT2D eigenvalue weighted by Crippen LogP contribution is -2.21. The van der Waals surface area contributed by atoms with Crippen LogP contribution in [0.4, 0.5) is 5.69 Å². The van der Waals surface area contributed by atoms with E-state index in [1.54, 1.807) is 0 Å². The number of hydrogen-bond donors (Lipinski definition) is 3. The smallest absolute Gasteiger partial charge is 0.295 e. The van der Waals surface area contributed by atoms with Crippen LogP contribution in [0, 0.1) is 10.1 Å². The molecule has 0 saturated carbocycles. The first-order valence-electron chi connectivity index (χ1n) is 4.24. The van der Waals surface area contributed by atoms with Crippen molar-refractivity contribution in [2.24, 2.45) is 0 Å². The molecule has 2 atom stereocenters. The largest absolute Gasteiger partial charge is 0.389 e. The highest BCUT2D eigenvalue weighted by atomic mass is 35.5. The monoisotopic (exact) mass is 264 g/mol. The van der Waals surface area contributed by atoms with Crippen molar-refractivity contribution in [3.05, 3.63) is 33.1 Å². The maximum atomic E-state index is 10.7. The van der Waals surface area contributed by atoms with Crippen molar-refractivity contribution in [3.63, 3.8) is 0 Å². The minimum Gasteiger partial charge on any atom is -0.389 e. The van der Waals surface area contributed by atoms with Gasteiger partial charge in [0.15, 0.2) is 0 Å². The summed E-state index contributed by atoms with van der Waals surface area (Å²) in [5.74, 6) is -0.0391. The number of halogens is 1. The van der Waals surface area contributed by atoms with Gasteiger partial charge < -0.3 is 10.2 Å². The van der Waals surface area contributed by atoms with Crippen LogP contribution in [0.3, 0.4) is 0 Å². The Hall–Kier alpha value is -0.890. The standard InChI is InChI=1S/C8H9ClN2O4S/c9-4-1-5(11(14)15)7(10-2-4)8(13)6(12)3-16/h1-2,6,8,12-13,16H,3H2. The fourth-order valence-corrected chi connectivity index (χ4v) is 1.45. The molecule has 6 nitrogen and oxygen atoms in total. The van der Waals surface area contributed by atoms with Gasteiger partial charge in [-0.2, -0.15) is 12.6 Å². The Morgan fingerprint density at radius 2 is 2.25 bits per heavy atom. The molecule has 0 aliphatic rings. The molecule has 0 aliphatic carbocycles. The number of rotatable bonds is 4. The molecular formula is C8H9ClN2O4S. The highest BCUT2D eigenvalue weighted by molar-refractivity contribution is 7.80. The van der Waals surface area contributed by atoms with Gasteiger partial charge in [0.25, 0.3) is 5.69 Å². The second-order valence-electron chi connectivity index (χ2n) is 3.01. The Bertz CT molecular complexity index is 404. The van der Waals surface area contributed by atoms with E-state index in [9.17, 15) is 20.3 Å². The third-order valence-corrected chi connectivity index (χ3v) is 2.47. The van der Waals surface area contributed by atoms with Gasteiger partial charge in [-0.25, -0.2) is 4.98 Å². The average Bonchev–Trinajstić information content (AvgIpc) is 2.26. The van der Waals surface area contributed by atoms with E-state index >= 15 is 0 Å². The van der Waals surface area contributed by atoms with Crippen molar-refractivity contribution in [2.45, 2.75) is 12.2 Å². The molecule has 0 spiro atoms. The zero-order valence-electron chi connectivity index (χ0n) is 7.95. The van der Waals surface area contributed by atoms with Crippen LogP contribution in [0.5, 0.6) is 0 Å². The second kappa shape index (κ2) is 5.44. The highest BCUT2D eigenvalue weighted by Gasteiger charge is 2.27. The molecule has 0 aliphatic heterocycles. The van der Waals surface area contributed by atoms with Gasteiger partial charge in [0.1, 0.15) is 11.8 Å². The fraction of sp³-hybridized carbons (Fsp3) is 0.375. The van der Waals surface area contributed by atoms with E-state index in [-0.39, 0.29) is 16.5 Å². The Morgan fingerprint density at radius 3 is 2.75 bits per heavy atom. The predicted octanol–water partition coefficient (Wildman–Crippen LogP) is 0.967. The summed E-state index contributed by atoms with van der Waals surface area (Å²) in [5.41, 5.74) is -0.656. The molecule has 0 bridgehead atoms. The number of aromatic nitrogens is 1. The van der Waals surface area contributed by atoms with Gasteiger partial charge in [0.2, 0.25) is 0 Å². The van der Waals surface area contributed by atoms with E-state index in [4.69, 9.17) is 11.6 Å². The van der Waals surface area contributed by atoms with Gasteiger partial charge in [-0.05, 0) is 0 Å². The molecule has 88 valence electrons. The number of hydrogen-bond acceptors (Lipinski definition) is 6. The first-order valence-corrected chi connectivity index (χ1v) is 5.25. The van der Waals surface area contributed by atoms with Crippen LogP contribution in [0.15, 0.2) is 12.3 Å². The van der Waals surface area contributed by atoms with Crippen LogP contribution < -0.4 is 0 Å². The molecule has 1 heterocycles. The fourth-order valence-electron chi connectivity index (χ4n) is 1.10. The molecule has 0 fully saturated rings. The van der Waals surface area contributed by atoms with Gasteiger partial charge in [-0.1, -0.05) is 11.6 Å². The van der Waals surface area contributed by atoms with Crippen LogP contribution >= 0.6 is 24.2 Å². The predicted molar refractivity (Wildman–Crippen MR) is 60.7 cm³/mol. The Labute approximate surface area is 101 Å². The molecule has 1 rings (SSSR count). The number of nitro groups is 1. The van der Waals surface area contributed by atoms with Crippen LogP contribution in [-0.4, -0.2) is 32.0 Å². The minimum absolute atomic E-state index is 0.0391. The van der Waals surface area contributed by atoms with Gasteiger partial charge in [-0.15, -0.1) is 0 Å². The maximum Gasteiger partial charge on any atom is 0.295 e. The molecule has 16 heavy (non-hydrogen) atoms. The number of thiol groups is 1. The minimum atomic E-state index is -1.46. The summed E-state index contributed by atoms with van der Waals surface area (Å²) in [6, 6.07) is 1.07. The van der Waals surface area contributed by atoms with E-state index in [0.717, 1.165) is 6.07 Å². The van der Waals surface area contributed by atoms with Crippen molar-refractivity contribution in [2.75, 3.05) is 5.75 Å². The van der Waals surface area contributed by atoms with Crippen molar-refractivity contribution in [1.29, 1.82) is 0 Å². The van der Waals surface area contributed by atoms with Crippen LogP contribution in [0.2, 0.25) is 5.02 Å². The van der Waals surface area contributed by atoms with Crippen molar-refractivity contribution in [1.82, 2.24) is 4.98 Å². The molecule has 0 saturated heterocycles. The van der Waals surface area contributed by atoms with Gasteiger partial charge in [0, 0.05) is 18.0 Å². The molecule has 8 heteroatoms. The SMILES string of the molecule is O=[N+]([O-])c1cc(Cl)cnc1C(O)C(O)CS. The molecule has 0 aromatic carbocycles. The third kappa shape index (κ3) is 2.82. The van der Waals surface area contributed by atoms with Gasteiger partial charge in [0.05, 0.1) is 16.0 Å². The topological polar surface area (TPSA) is 96.5 Å². The number of pyridine rings is 1. The molecule has 0 amide bonds. The number of aliphatic hydroxyl groups is 2. The maximum absolute atomic E-state index is 10.7. The van der Waals surface area contributed by atoms with E-state index in [2.05, 4.69) is 17.6 Å². The lowest BCUT2D eigenvalue weighted by atomic mass is 10.1. The summed E-state index contributed by atoms with van der Waals surface area (Å²) in [6.45, 7) is 0. The van der Waals surface area contributed by atoms with Gasteiger partial charge >= 0.3 is 0 Å². The van der Waals surface area contributed by atoms with E-state index in [1.165, 1.54) is 6.20 Å². The lowest BCUT2D eigenvalue weighted by molar-refractivity contribution is -0.386. The van der Waals surface area contributed by atoms with Gasteiger partial charge in [-0.3, -0.25) is 10.1 Å². The van der Waals surface area contributed by atoms with E-state index in [1.807, 2.05) is 0 Å². The summed E-state index contributed by atoms with van der Waals surface area (Å²) in [7, 11) is 0. The van der Waals surface area contributed by atoms with E-state index < -0.39 is 22.8 Å². The molecule has 2 N–H and O–H groups in total. The Balaban J connectivity index is 3.17. The summed E-state index contributed by atoms with van der Waals surface area (Å²) < 4.78 is 0. The molecule has 0 radical (unpaired) electrons. The van der Waals surface area contributed by atoms with Crippen molar-refractivity contribution >= 4 is 29.9 Å². The zero-order chi connectivity index (χ0) is 12.3. The molecule has 2 unspecified atom stereocenters. The lowest BCUT2D eigenvalue weighted by Gasteiger charge is -2.14. The summed E-state index contributed by atoms with van der Waals surface area (Å²) >= 11 is 9.33. The van der Waals surface area contributed by atoms with Crippen LogP contribution in [0.1, 0.15) is 11.8 Å². The highest BCUT2D eigenvalue weighted by Crippen LogP contribution is 2.27. The summed E-state index contributed by atoms with van der Waals surface area (Å²) in [4.78, 5) is 13.6. The molecular weight excluding hydrogens is 256 g/mol. The van der Waals surface area contributed by atoms with Crippen molar-refractivity contribution in [3.8, 4) is 0 Å². The quantitative estimate of drug-likeness (QED) is 0.428. The Kier molecular flexibility index (Phi) is 4.48. The molecule has 1 aromatic heterocycles. The number of nitrogens with zero attached hydrogens (tertiary/aromatic N) is 2. The number of aliphatic hydroxyl groups excluding tert-OH is 2. The normalized spacial score (nSPS) is 14.5. The second-order valence-corrected chi connectivity index (χ2v) is 3.81. The van der Waals surface area contributed by atoms with Crippen LogP contribution in [0.25, 0.3) is 0 Å². The third-order valence-electron chi connectivity index (χ3n) is 1.89. The Morgan fingerprint density at radius 1 is 1.62 bits per heavy atom. The average molecular weight is 265 g/mol.